The highest BCUT2D eigenvalue weighted by atomic mass is 35.5. The summed E-state index contributed by atoms with van der Waals surface area (Å²) >= 11 is 5.99. The molecule has 0 aromatic carbocycles. The Hall–Kier alpha value is -1.62. The van der Waals surface area contributed by atoms with Crippen LogP contribution in [0, 0.1) is 6.92 Å². The molecule has 0 aliphatic heterocycles. The lowest BCUT2D eigenvalue weighted by Gasteiger charge is -2.12. The summed E-state index contributed by atoms with van der Waals surface area (Å²) in [6.07, 6.45) is 3.49. The van der Waals surface area contributed by atoms with E-state index in [-0.39, 0.29) is 6.04 Å². The van der Waals surface area contributed by atoms with Gasteiger partial charge in [-0.15, -0.1) is 0 Å². The van der Waals surface area contributed by atoms with Gasteiger partial charge in [0.15, 0.2) is 0 Å². The van der Waals surface area contributed by atoms with Gasteiger partial charge in [-0.3, -0.25) is 0 Å². The number of halogens is 1. The lowest BCUT2D eigenvalue weighted by Crippen LogP contribution is -2.10. The average molecular weight is 281 g/mol. The Morgan fingerprint density at radius 1 is 1.42 bits per heavy atom. The fourth-order valence-corrected chi connectivity index (χ4v) is 1.93. The zero-order valence-electron chi connectivity index (χ0n) is 11.3. The highest BCUT2D eigenvalue weighted by Gasteiger charge is 2.12. The van der Waals surface area contributed by atoms with E-state index in [0.717, 1.165) is 24.4 Å². The van der Waals surface area contributed by atoms with Gasteiger partial charge in [-0.1, -0.05) is 18.5 Å². The summed E-state index contributed by atoms with van der Waals surface area (Å²) in [5, 5.41) is 3.66. The minimum absolute atomic E-state index is 0.0749. The summed E-state index contributed by atoms with van der Waals surface area (Å²) in [6, 6.07) is 1.63. The number of anilines is 1. The Morgan fingerprint density at radius 2 is 2.21 bits per heavy atom. The van der Waals surface area contributed by atoms with Crippen molar-refractivity contribution in [1.82, 2.24) is 15.0 Å². The van der Waals surface area contributed by atoms with E-state index in [0.29, 0.717) is 16.9 Å². The second kappa shape index (κ2) is 6.02. The molecule has 5 nitrogen and oxygen atoms in total. The van der Waals surface area contributed by atoms with Gasteiger partial charge in [0.1, 0.15) is 28.6 Å². The Labute approximate surface area is 117 Å². The topological polar surface area (TPSA) is 63.8 Å². The monoisotopic (exact) mass is 280 g/mol. The van der Waals surface area contributed by atoms with Crippen molar-refractivity contribution < 1.29 is 4.42 Å². The van der Waals surface area contributed by atoms with Crippen LogP contribution >= 0.6 is 11.6 Å². The zero-order valence-corrected chi connectivity index (χ0v) is 12.0. The lowest BCUT2D eigenvalue weighted by atomic mass is 10.3. The first-order valence-electron chi connectivity index (χ1n) is 6.30. The number of hydrogen-bond acceptors (Lipinski definition) is 5. The maximum absolute atomic E-state index is 5.99. The van der Waals surface area contributed by atoms with E-state index in [1.165, 1.54) is 0 Å². The molecule has 0 fully saturated rings. The maximum Gasteiger partial charge on any atom is 0.216 e. The minimum Gasteiger partial charge on any atom is -0.444 e. The number of oxazole rings is 1. The number of hydrogen-bond donors (Lipinski definition) is 1. The highest BCUT2D eigenvalue weighted by Crippen LogP contribution is 2.19. The van der Waals surface area contributed by atoms with Crippen molar-refractivity contribution in [3.05, 3.63) is 34.9 Å². The molecule has 0 amide bonds. The van der Waals surface area contributed by atoms with Gasteiger partial charge < -0.3 is 9.73 Å². The number of nitrogens with one attached hydrogen (secondary N) is 1. The van der Waals surface area contributed by atoms with Crippen LogP contribution in [0.25, 0.3) is 0 Å². The Bertz CT molecular complexity index is 555. The van der Waals surface area contributed by atoms with Gasteiger partial charge >= 0.3 is 0 Å². The smallest absolute Gasteiger partial charge is 0.216 e. The predicted molar refractivity (Wildman–Crippen MR) is 74.3 cm³/mol. The third-order valence-corrected chi connectivity index (χ3v) is 2.78. The molecule has 0 spiro atoms. The molecule has 1 unspecified atom stereocenters. The van der Waals surface area contributed by atoms with Crippen molar-refractivity contribution in [2.24, 2.45) is 0 Å². The molecule has 19 heavy (non-hydrogen) atoms. The number of rotatable bonds is 5. The number of nitrogens with zero attached hydrogens (tertiary/aromatic N) is 3. The van der Waals surface area contributed by atoms with Crippen LogP contribution in [0.15, 0.2) is 16.7 Å². The van der Waals surface area contributed by atoms with Crippen molar-refractivity contribution in [2.75, 3.05) is 5.32 Å². The van der Waals surface area contributed by atoms with E-state index in [1.807, 2.05) is 13.8 Å². The van der Waals surface area contributed by atoms with Crippen LogP contribution in [-0.2, 0) is 6.42 Å². The molecular weight excluding hydrogens is 264 g/mol. The molecule has 102 valence electrons. The van der Waals surface area contributed by atoms with Crippen LogP contribution in [0.4, 0.5) is 5.82 Å². The van der Waals surface area contributed by atoms with E-state index in [2.05, 4.69) is 27.2 Å². The standard InChI is InChI=1S/C13H17ClN4O/c1-4-5-11-17-10(14)6-12(18-11)16-9(3)13-15-7-8(2)19-13/h6-7,9H,4-5H2,1-3H3,(H,16,17,18). The van der Waals surface area contributed by atoms with Gasteiger partial charge in [0.2, 0.25) is 5.89 Å². The van der Waals surface area contributed by atoms with E-state index >= 15 is 0 Å². The largest absolute Gasteiger partial charge is 0.444 e. The van der Waals surface area contributed by atoms with Crippen LogP contribution in [0.2, 0.25) is 5.15 Å². The average Bonchev–Trinajstić information content (AvgIpc) is 2.75. The first-order chi connectivity index (χ1) is 9.08. The second-order valence-electron chi connectivity index (χ2n) is 4.42. The molecule has 2 aromatic heterocycles. The van der Waals surface area contributed by atoms with Gasteiger partial charge in [0.05, 0.1) is 6.20 Å². The first kappa shape index (κ1) is 13.8. The van der Waals surface area contributed by atoms with Crippen LogP contribution < -0.4 is 5.32 Å². The summed E-state index contributed by atoms with van der Waals surface area (Å²) < 4.78 is 5.48. The predicted octanol–water partition coefficient (Wildman–Crippen LogP) is 3.55. The fourth-order valence-electron chi connectivity index (χ4n) is 1.73. The quantitative estimate of drug-likeness (QED) is 0.849. The van der Waals surface area contributed by atoms with Gasteiger partial charge in [0, 0.05) is 12.5 Å². The summed E-state index contributed by atoms with van der Waals surface area (Å²) in [5.41, 5.74) is 0. The number of aromatic nitrogens is 3. The van der Waals surface area contributed by atoms with Crippen LogP contribution in [0.1, 0.15) is 43.8 Å². The molecule has 2 rings (SSSR count). The number of aryl methyl sites for hydroxylation is 2. The van der Waals surface area contributed by atoms with Crippen molar-refractivity contribution in [3.63, 3.8) is 0 Å². The van der Waals surface area contributed by atoms with Crippen LogP contribution in [-0.4, -0.2) is 15.0 Å². The Kier molecular flexibility index (Phi) is 4.37. The summed E-state index contributed by atoms with van der Waals surface area (Å²) in [5.74, 6) is 2.85. The first-order valence-corrected chi connectivity index (χ1v) is 6.68. The summed E-state index contributed by atoms with van der Waals surface area (Å²) in [6.45, 7) is 5.90. The molecule has 0 saturated carbocycles. The molecule has 1 N–H and O–H groups in total. The Balaban J connectivity index is 2.14. The fraction of sp³-hybridized carbons (Fsp3) is 0.462. The van der Waals surface area contributed by atoms with Crippen LogP contribution in [0.5, 0.6) is 0 Å². The van der Waals surface area contributed by atoms with E-state index in [9.17, 15) is 0 Å². The van der Waals surface area contributed by atoms with Gasteiger partial charge in [0.25, 0.3) is 0 Å². The second-order valence-corrected chi connectivity index (χ2v) is 4.80. The molecule has 2 heterocycles. The summed E-state index contributed by atoms with van der Waals surface area (Å²) in [4.78, 5) is 12.8. The lowest BCUT2D eigenvalue weighted by molar-refractivity contribution is 0.453. The third-order valence-electron chi connectivity index (χ3n) is 2.59. The van der Waals surface area contributed by atoms with Crippen molar-refractivity contribution in [2.45, 2.75) is 39.7 Å². The molecule has 0 saturated heterocycles. The SMILES string of the molecule is CCCc1nc(Cl)cc(NC(C)c2ncc(C)o2)n1. The molecular formula is C13H17ClN4O. The third kappa shape index (κ3) is 3.67. The molecule has 0 aliphatic carbocycles. The normalized spacial score (nSPS) is 12.4. The Morgan fingerprint density at radius 3 is 2.84 bits per heavy atom. The van der Waals surface area contributed by atoms with E-state index in [4.69, 9.17) is 16.0 Å². The van der Waals surface area contributed by atoms with Crippen molar-refractivity contribution >= 4 is 17.4 Å². The minimum atomic E-state index is -0.0749. The van der Waals surface area contributed by atoms with Crippen LogP contribution in [0.3, 0.4) is 0 Å². The van der Waals surface area contributed by atoms with Gasteiger partial charge in [-0.2, -0.15) is 0 Å². The molecule has 6 heteroatoms. The highest BCUT2D eigenvalue weighted by molar-refractivity contribution is 6.29. The maximum atomic E-state index is 5.99. The van der Waals surface area contributed by atoms with E-state index < -0.39 is 0 Å². The molecule has 0 bridgehead atoms. The van der Waals surface area contributed by atoms with E-state index in [1.54, 1.807) is 12.3 Å². The molecule has 1 atom stereocenters. The molecule has 0 aliphatic rings. The summed E-state index contributed by atoms with van der Waals surface area (Å²) in [7, 11) is 0. The van der Waals surface area contributed by atoms with Gasteiger partial charge in [-0.05, 0) is 20.3 Å². The zero-order chi connectivity index (χ0) is 13.8. The van der Waals surface area contributed by atoms with Gasteiger partial charge in [-0.25, -0.2) is 15.0 Å². The molecule has 2 aromatic rings. The van der Waals surface area contributed by atoms with Crippen molar-refractivity contribution in [1.29, 1.82) is 0 Å². The van der Waals surface area contributed by atoms with Crippen molar-refractivity contribution in [3.8, 4) is 0 Å². The molecule has 0 radical (unpaired) electrons.